The minimum atomic E-state index is -0.520. The van der Waals surface area contributed by atoms with E-state index in [1.165, 1.54) is 18.0 Å². The number of aromatic nitrogens is 2. The standard InChI is InChI=1S/C17H18N2O3/c1-22-15-5-3-2-4-13(15)17(6-7-17)8-16-18-9-12(10-19-16)14(21)11-20/h2-5,9-10,20H,6-8,11H2,1H3. The van der Waals surface area contributed by atoms with E-state index in [1.54, 1.807) is 7.11 Å². The molecule has 5 heteroatoms. The Balaban J connectivity index is 1.82. The molecule has 1 heterocycles. The van der Waals surface area contributed by atoms with Crippen molar-refractivity contribution in [2.24, 2.45) is 0 Å². The van der Waals surface area contributed by atoms with Crippen LogP contribution in [0.25, 0.3) is 0 Å². The zero-order valence-corrected chi connectivity index (χ0v) is 12.5. The van der Waals surface area contributed by atoms with Gasteiger partial charge in [0.15, 0.2) is 5.78 Å². The molecule has 3 rings (SSSR count). The van der Waals surface area contributed by atoms with Gasteiger partial charge in [-0.05, 0) is 18.9 Å². The molecule has 2 aromatic rings. The highest BCUT2D eigenvalue weighted by Gasteiger charge is 2.46. The summed E-state index contributed by atoms with van der Waals surface area (Å²) in [5.41, 5.74) is 1.57. The van der Waals surface area contributed by atoms with Crippen molar-refractivity contribution in [3.05, 3.63) is 53.6 Å². The highest BCUT2D eigenvalue weighted by Crippen LogP contribution is 2.52. The molecular weight excluding hydrogens is 280 g/mol. The van der Waals surface area contributed by atoms with E-state index in [0.29, 0.717) is 11.4 Å². The smallest absolute Gasteiger partial charge is 0.191 e. The molecule has 0 spiro atoms. The normalized spacial score (nSPS) is 15.4. The van der Waals surface area contributed by atoms with Crippen molar-refractivity contribution in [1.82, 2.24) is 9.97 Å². The Kier molecular flexibility index (Phi) is 3.90. The maximum atomic E-state index is 11.4. The van der Waals surface area contributed by atoms with Crippen molar-refractivity contribution in [2.75, 3.05) is 13.7 Å². The van der Waals surface area contributed by atoms with Crippen molar-refractivity contribution in [2.45, 2.75) is 24.7 Å². The number of rotatable bonds is 6. The lowest BCUT2D eigenvalue weighted by molar-refractivity contribution is 0.0903. The van der Waals surface area contributed by atoms with Gasteiger partial charge in [-0.1, -0.05) is 18.2 Å². The number of aliphatic hydroxyl groups is 1. The molecule has 1 aromatic carbocycles. The Hall–Kier alpha value is -2.27. The third-order valence-electron chi connectivity index (χ3n) is 4.20. The largest absolute Gasteiger partial charge is 0.496 e. The number of carbonyl (C=O) groups excluding carboxylic acids is 1. The van der Waals surface area contributed by atoms with E-state index in [0.717, 1.165) is 25.0 Å². The van der Waals surface area contributed by atoms with E-state index in [1.807, 2.05) is 18.2 Å². The third kappa shape index (κ3) is 2.72. The molecule has 1 aliphatic rings. The summed E-state index contributed by atoms with van der Waals surface area (Å²) in [5, 5.41) is 8.84. The summed E-state index contributed by atoms with van der Waals surface area (Å²) >= 11 is 0. The number of ketones is 1. The van der Waals surface area contributed by atoms with Gasteiger partial charge in [0, 0.05) is 29.8 Å². The molecule has 114 valence electrons. The minimum absolute atomic E-state index is 0.0368. The van der Waals surface area contributed by atoms with Crippen LogP contribution < -0.4 is 4.74 Å². The summed E-state index contributed by atoms with van der Waals surface area (Å²) < 4.78 is 5.46. The van der Waals surface area contributed by atoms with Crippen LogP contribution in [0.5, 0.6) is 5.75 Å². The van der Waals surface area contributed by atoms with Crippen molar-refractivity contribution in [3.63, 3.8) is 0 Å². The van der Waals surface area contributed by atoms with E-state index < -0.39 is 6.61 Å². The van der Waals surface area contributed by atoms with Crippen molar-refractivity contribution >= 4 is 5.78 Å². The van der Waals surface area contributed by atoms with Gasteiger partial charge in [-0.2, -0.15) is 0 Å². The molecule has 0 saturated heterocycles. The van der Waals surface area contributed by atoms with Gasteiger partial charge < -0.3 is 9.84 Å². The quantitative estimate of drug-likeness (QED) is 0.825. The first-order valence-corrected chi connectivity index (χ1v) is 7.27. The van der Waals surface area contributed by atoms with Gasteiger partial charge in [-0.15, -0.1) is 0 Å². The van der Waals surface area contributed by atoms with E-state index in [2.05, 4.69) is 16.0 Å². The van der Waals surface area contributed by atoms with Crippen LogP contribution in [0.4, 0.5) is 0 Å². The first kappa shape index (κ1) is 14.7. The fourth-order valence-corrected chi connectivity index (χ4v) is 2.76. The van der Waals surface area contributed by atoms with Gasteiger partial charge in [0.2, 0.25) is 0 Å². The predicted molar refractivity (Wildman–Crippen MR) is 81.1 cm³/mol. The predicted octanol–water partition coefficient (Wildman–Crippen LogP) is 1.93. The number of para-hydroxylation sites is 1. The molecule has 0 radical (unpaired) electrons. The molecule has 1 saturated carbocycles. The Bertz CT molecular complexity index is 679. The van der Waals surface area contributed by atoms with Gasteiger partial charge >= 0.3 is 0 Å². The van der Waals surface area contributed by atoms with Crippen molar-refractivity contribution in [1.29, 1.82) is 0 Å². The second-order valence-corrected chi connectivity index (χ2v) is 5.63. The first-order chi connectivity index (χ1) is 10.7. The molecule has 5 nitrogen and oxygen atoms in total. The molecule has 0 aliphatic heterocycles. The second kappa shape index (κ2) is 5.85. The van der Waals surface area contributed by atoms with Crippen LogP contribution in [0.1, 0.15) is 34.6 Å². The number of hydrogen-bond donors (Lipinski definition) is 1. The molecule has 1 N–H and O–H groups in total. The van der Waals surface area contributed by atoms with Gasteiger partial charge in [-0.25, -0.2) is 9.97 Å². The minimum Gasteiger partial charge on any atom is -0.496 e. The fraction of sp³-hybridized carbons (Fsp3) is 0.353. The van der Waals surface area contributed by atoms with Crippen LogP contribution >= 0.6 is 0 Å². The zero-order valence-electron chi connectivity index (χ0n) is 12.5. The number of carbonyl (C=O) groups is 1. The summed E-state index contributed by atoms with van der Waals surface area (Å²) in [7, 11) is 1.68. The number of hydrogen-bond acceptors (Lipinski definition) is 5. The summed E-state index contributed by atoms with van der Waals surface area (Å²) in [5.74, 6) is 1.24. The molecule has 0 unspecified atom stereocenters. The third-order valence-corrected chi connectivity index (χ3v) is 4.20. The van der Waals surface area contributed by atoms with E-state index in [9.17, 15) is 4.79 Å². The zero-order chi connectivity index (χ0) is 15.6. The fourth-order valence-electron chi connectivity index (χ4n) is 2.76. The average molecular weight is 298 g/mol. The van der Waals surface area contributed by atoms with Gasteiger partial charge in [-0.3, -0.25) is 4.79 Å². The van der Waals surface area contributed by atoms with Crippen LogP contribution in [-0.4, -0.2) is 34.6 Å². The van der Waals surface area contributed by atoms with E-state index in [4.69, 9.17) is 9.84 Å². The molecule has 1 fully saturated rings. The molecule has 0 bridgehead atoms. The Morgan fingerprint density at radius 2 is 1.95 bits per heavy atom. The van der Waals surface area contributed by atoms with Gasteiger partial charge in [0.25, 0.3) is 0 Å². The molecule has 0 amide bonds. The summed E-state index contributed by atoms with van der Waals surface area (Å²) in [6.45, 7) is -0.520. The monoisotopic (exact) mass is 298 g/mol. The van der Waals surface area contributed by atoms with Crippen LogP contribution in [0.15, 0.2) is 36.7 Å². The van der Waals surface area contributed by atoms with Crippen molar-refractivity contribution in [3.8, 4) is 5.75 Å². The summed E-state index contributed by atoms with van der Waals surface area (Å²) in [6, 6.07) is 8.04. The summed E-state index contributed by atoms with van der Waals surface area (Å²) in [6.07, 6.45) is 5.85. The lowest BCUT2D eigenvalue weighted by Gasteiger charge is -2.18. The Morgan fingerprint density at radius 3 is 2.55 bits per heavy atom. The molecule has 1 aromatic heterocycles. The molecule has 1 aliphatic carbocycles. The number of aliphatic hydroxyl groups excluding tert-OH is 1. The van der Waals surface area contributed by atoms with E-state index in [-0.39, 0.29) is 11.2 Å². The SMILES string of the molecule is COc1ccccc1C1(Cc2ncc(C(=O)CO)cn2)CC1. The average Bonchev–Trinajstić information content (AvgIpc) is 3.35. The Morgan fingerprint density at radius 1 is 1.27 bits per heavy atom. The number of ether oxygens (including phenoxy) is 1. The lowest BCUT2D eigenvalue weighted by atomic mass is 9.91. The highest BCUT2D eigenvalue weighted by atomic mass is 16.5. The lowest BCUT2D eigenvalue weighted by Crippen LogP contribution is -2.15. The first-order valence-electron chi connectivity index (χ1n) is 7.27. The highest BCUT2D eigenvalue weighted by molar-refractivity contribution is 5.96. The molecule has 0 atom stereocenters. The van der Waals surface area contributed by atoms with Crippen LogP contribution in [0, 0.1) is 0 Å². The number of benzene rings is 1. The number of Topliss-reactive ketones (excluding diaryl/α,β-unsaturated/α-hetero) is 1. The van der Waals surface area contributed by atoms with E-state index >= 15 is 0 Å². The maximum absolute atomic E-state index is 11.4. The topological polar surface area (TPSA) is 72.3 Å². The number of nitrogens with zero attached hydrogens (tertiary/aromatic N) is 2. The van der Waals surface area contributed by atoms with Crippen LogP contribution in [0.3, 0.4) is 0 Å². The molecular formula is C17H18N2O3. The van der Waals surface area contributed by atoms with Crippen LogP contribution in [-0.2, 0) is 11.8 Å². The maximum Gasteiger partial charge on any atom is 0.191 e. The van der Waals surface area contributed by atoms with Crippen LogP contribution in [0.2, 0.25) is 0 Å². The van der Waals surface area contributed by atoms with Gasteiger partial charge in [0.1, 0.15) is 18.2 Å². The molecule has 22 heavy (non-hydrogen) atoms. The summed E-state index contributed by atoms with van der Waals surface area (Å²) in [4.78, 5) is 19.9. The Labute approximate surface area is 129 Å². The second-order valence-electron chi connectivity index (χ2n) is 5.63. The number of methoxy groups -OCH3 is 1. The van der Waals surface area contributed by atoms with Crippen molar-refractivity contribution < 1.29 is 14.6 Å². The van der Waals surface area contributed by atoms with Gasteiger partial charge in [0.05, 0.1) is 12.7 Å².